The number of amides is 1. The van der Waals surface area contributed by atoms with Crippen molar-refractivity contribution in [2.75, 3.05) is 5.32 Å². The van der Waals surface area contributed by atoms with E-state index in [2.05, 4.69) is 10.3 Å². The number of hydrogen-bond donors (Lipinski definition) is 1. The molecule has 106 valence electrons. The van der Waals surface area contributed by atoms with E-state index >= 15 is 0 Å². The first-order chi connectivity index (χ1) is 10.0. The maximum absolute atomic E-state index is 13.5. The van der Waals surface area contributed by atoms with Gasteiger partial charge in [0.2, 0.25) is 0 Å². The molecule has 0 unspecified atom stereocenters. The molecule has 1 amide bonds. The molecule has 2 aromatic carbocycles. The molecule has 0 atom stereocenters. The lowest BCUT2D eigenvalue weighted by molar-refractivity contribution is 0.102. The van der Waals surface area contributed by atoms with Crippen LogP contribution < -0.4 is 5.32 Å². The lowest BCUT2D eigenvalue weighted by Gasteiger charge is -2.07. The standard InChI is InChI=1S/C15H10F2N2O2/c1-8-18-12-6-5-9(7-13(12)21-8)15(20)19-14-10(16)3-2-4-11(14)17/h2-7H,1H3,(H,19,20). The molecule has 4 nitrogen and oxygen atoms in total. The second-order valence-corrected chi connectivity index (χ2v) is 4.47. The van der Waals surface area contributed by atoms with Crippen LogP contribution >= 0.6 is 0 Å². The Hall–Kier alpha value is -2.76. The van der Waals surface area contributed by atoms with Crippen molar-refractivity contribution in [1.82, 2.24) is 4.98 Å². The predicted octanol–water partition coefficient (Wildman–Crippen LogP) is 3.67. The van der Waals surface area contributed by atoms with Crippen LogP contribution in [-0.2, 0) is 0 Å². The Kier molecular flexibility index (Phi) is 3.13. The van der Waals surface area contributed by atoms with Gasteiger partial charge in [-0.05, 0) is 30.3 Å². The number of rotatable bonds is 2. The number of aryl methyl sites for hydroxylation is 1. The summed E-state index contributed by atoms with van der Waals surface area (Å²) in [6.45, 7) is 1.69. The Labute approximate surface area is 118 Å². The largest absolute Gasteiger partial charge is 0.441 e. The summed E-state index contributed by atoms with van der Waals surface area (Å²) in [6.07, 6.45) is 0. The van der Waals surface area contributed by atoms with Crippen molar-refractivity contribution in [2.24, 2.45) is 0 Å². The number of nitrogens with zero attached hydrogens (tertiary/aromatic N) is 1. The first-order valence-electron chi connectivity index (χ1n) is 6.17. The topological polar surface area (TPSA) is 55.1 Å². The molecule has 0 aliphatic rings. The third kappa shape index (κ3) is 2.47. The Morgan fingerprint density at radius 2 is 1.90 bits per heavy atom. The van der Waals surface area contributed by atoms with Crippen LogP contribution in [-0.4, -0.2) is 10.9 Å². The van der Waals surface area contributed by atoms with Gasteiger partial charge in [-0.2, -0.15) is 0 Å². The summed E-state index contributed by atoms with van der Waals surface area (Å²) in [6, 6.07) is 7.97. The zero-order chi connectivity index (χ0) is 15.0. The van der Waals surface area contributed by atoms with Crippen molar-refractivity contribution in [2.45, 2.75) is 6.92 Å². The van der Waals surface area contributed by atoms with Gasteiger partial charge in [0, 0.05) is 12.5 Å². The number of benzene rings is 2. The summed E-state index contributed by atoms with van der Waals surface area (Å²) in [7, 11) is 0. The number of carbonyl (C=O) groups excluding carboxylic acids is 1. The number of carbonyl (C=O) groups is 1. The molecule has 21 heavy (non-hydrogen) atoms. The molecule has 0 radical (unpaired) electrons. The fraction of sp³-hybridized carbons (Fsp3) is 0.0667. The van der Waals surface area contributed by atoms with Gasteiger partial charge in [0.25, 0.3) is 5.91 Å². The van der Waals surface area contributed by atoms with Gasteiger partial charge in [-0.1, -0.05) is 6.07 Å². The van der Waals surface area contributed by atoms with Crippen LogP contribution in [0.3, 0.4) is 0 Å². The summed E-state index contributed by atoms with van der Waals surface area (Å²) >= 11 is 0. The second kappa shape index (κ2) is 4.97. The summed E-state index contributed by atoms with van der Waals surface area (Å²) in [4.78, 5) is 16.2. The van der Waals surface area contributed by atoms with Crippen LogP contribution in [0.1, 0.15) is 16.2 Å². The minimum absolute atomic E-state index is 0.223. The number of hydrogen-bond acceptors (Lipinski definition) is 3. The number of fused-ring (bicyclic) bond motifs is 1. The van der Waals surface area contributed by atoms with E-state index in [1.807, 2.05) is 0 Å². The molecule has 0 bridgehead atoms. The molecule has 0 fully saturated rings. The summed E-state index contributed by atoms with van der Waals surface area (Å²) in [5, 5.41) is 2.22. The third-order valence-corrected chi connectivity index (χ3v) is 2.96. The highest BCUT2D eigenvalue weighted by Gasteiger charge is 2.14. The summed E-state index contributed by atoms with van der Waals surface area (Å²) in [5.41, 5.74) is 0.799. The Balaban J connectivity index is 1.93. The van der Waals surface area contributed by atoms with E-state index < -0.39 is 23.2 Å². The fourth-order valence-electron chi connectivity index (χ4n) is 1.98. The van der Waals surface area contributed by atoms with Crippen molar-refractivity contribution >= 4 is 22.7 Å². The molecule has 0 aliphatic heterocycles. The van der Waals surface area contributed by atoms with Crippen molar-refractivity contribution in [1.29, 1.82) is 0 Å². The number of anilines is 1. The van der Waals surface area contributed by atoms with E-state index in [0.29, 0.717) is 17.0 Å². The molecule has 1 aromatic heterocycles. The minimum Gasteiger partial charge on any atom is -0.441 e. The van der Waals surface area contributed by atoms with Crippen LogP contribution in [0.25, 0.3) is 11.1 Å². The highest BCUT2D eigenvalue weighted by Crippen LogP contribution is 2.21. The number of nitrogens with one attached hydrogen (secondary N) is 1. The number of aromatic nitrogens is 1. The Morgan fingerprint density at radius 1 is 1.19 bits per heavy atom. The van der Waals surface area contributed by atoms with E-state index in [0.717, 1.165) is 12.1 Å². The molecule has 3 aromatic rings. The van der Waals surface area contributed by atoms with E-state index in [9.17, 15) is 13.6 Å². The van der Waals surface area contributed by atoms with Gasteiger partial charge in [-0.3, -0.25) is 4.79 Å². The molecule has 0 aliphatic carbocycles. The van der Waals surface area contributed by atoms with E-state index in [1.54, 1.807) is 13.0 Å². The highest BCUT2D eigenvalue weighted by molar-refractivity contribution is 6.05. The number of halogens is 2. The van der Waals surface area contributed by atoms with Gasteiger partial charge in [-0.25, -0.2) is 13.8 Å². The smallest absolute Gasteiger partial charge is 0.255 e. The first-order valence-corrected chi connectivity index (χ1v) is 6.17. The zero-order valence-electron chi connectivity index (χ0n) is 11.0. The molecule has 6 heteroatoms. The van der Waals surface area contributed by atoms with Crippen LogP contribution in [0.15, 0.2) is 40.8 Å². The van der Waals surface area contributed by atoms with Crippen molar-refractivity contribution < 1.29 is 18.0 Å². The number of para-hydroxylation sites is 1. The highest BCUT2D eigenvalue weighted by atomic mass is 19.1. The molecule has 0 spiro atoms. The van der Waals surface area contributed by atoms with Gasteiger partial charge in [-0.15, -0.1) is 0 Å². The quantitative estimate of drug-likeness (QED) is 0.782. The van der Waals surface area contributed by atoms with Gasteiger partial charge < -0.3 is 9.73 Å². The molecule has 1 heterocycles. The van der Waals surface area contributed by atoms with Crippen LogP contribution in [0.2, 0.25) is 0 Å². The normalized spacial score (nSPS) is 10.8. The fourth-order valence-corrected chi connectivity index (χ4v) is 1.98. The van der Waals surface area contributed by atoms with Crippen molar-refractivity contribution in [3.8, 4) is 0 Å². The molecule has 1 N–H and O–H groups in total. The van der Waals surface area contributed by atoms with Gasteiger partial charge in [0.05, 0.1) is 0 Å². The van der Waals surface area contributed by atoms with Crippen LogP contribution in [0, 0.1) is 18.6 Å². The predicted molar refractivity (Wildman–Crippen MR) is 73.1 cm³/mol. The van der Waals surface area contributed by atoms with E-state index in [4.69, 9.17) is 4.42 Å². The van der Waals surface area contributed by atoms with Crippen molar-refractivity contribution in [3.05, 3.63) is 59.5 Å². The zero-order valence-corrected chi connectivity index (χ0v) is 11.0. The molecule has 0 saturated carbocycles. The van der Waals surface area contributed by atoms with Gasteiger partial charge >= 0.3 is 0 Å². The molecule has 0 saturated heterocycles. The second-order valence-electron chi connectivity index (χ2n) is 4.47. The molecule has 3 rings (SSSR count). The summed E-state index contributed by atoms with van der Waals surface area (Å²) in [5.74, 6) is -1.82. The Morgan fingerprint density at radius 3 is 2.62 bits per heavy atom. The third-order valence-electron chi connectivity index (χ3n) is 2.96. The first kappa shape index (κ1) is 13.2. The average Bonchev–Trinajstić information content (AvgIpc) is 2.81. The van der Waals surface area contributed by atoms with Crippen molar-refractivity contribution in [3.63, 3.8) is 0 Å². The maximum Gasteiger partial charge on any atom is 0.255 e. The average molecular weight is 288 g/mol. The monoisotopic (exact) mass is 288 g/mol. The minimum atomic E-state index is -0.833. The van der Waals surface area contributed by atoms with Gasteiger partial charge in [0.1, 0.15) is 22.8 Å². The lowest BCUT2D eigenvalue weighted by Crippen LogP contribution is -2.14. The van der Waals surface area contributed by atoms with Crippen LogP contribution in [0.5, 0.6) is 0 Å². The number of oxazole rings is 1. The molecular formula is C15H10F2N2O2. The van der Waals surface area contributed by atoms with E-state index in [1.165, 1.54) is 18.2 Å². The Bertz CT molecular complexity index is 823. The lowest BCUT2D eigenvalue weighted by atomic mass is 10.2. The maximum atomic E-state index is 13.5. The SMILES string of the molecule is Cc1nc2ccc(C(=O)Nc3c(F)cccc3F)cc2o1. The van der Waals surface area contributed by atoms with E-state index in [-0.39, 0.29) is 5.56 Å². The van der Waals surface area contributed by atoms with Gasteiger partial charge in [0.15, 0.2) is 11.5 Å². The van der Waals surface area contributed by atoms with Crippen LogP contribution in [0.4, 0.5) is 14.5 Å². The molecular weight excluding hydrogens is 278 g/mol. The summed E-state index contributed by atoms with van der Waals surface area (Å²) < 4.78 is 32.3.